The molecule has 0 rings (SSSR count). The fourth-order valence-corrected chi connectivity index (χ4v) is 0. The summed E-state index contributed by atoms with van der Waals surface area (Å²) in [6, 6.07) is 0. The maximum absolute atomic E-state index is 0. The molecule has 0 fully saturated rings. The van der Waals surface area contributed by atoms with Crippen LogP contribution in [0.3, 0.4) is 0 Å². The van der Waals surface area contributed by atoms with Crippen molar-refractivity contribution in [3.8, 4) is 0 Å². The van der Waals surface area contributed by atoms with Crippen LogP contribution in [-0.2, 0) is 16.8 Å². The van der Waals surface area contributed by atoms with Gasteiger partial charge in [-0.15, -0.1) is 0 Å². The third-order valence-corrected chi connectivity index (χ3v) is 0. The van der Waals surface area contributed by atoms with Crippen LogP contribution in [0, 0.1) is 0 Å². The predicted molar refractivity (Wildman–Crippen MR) is 5.98 cm³/mol. The molecule has 0 unspecified atom stereocenters. The Hall–Kier alpha value is 1.96. The Morgan fingerprint density at radius 2 is 0.800 bits per heavy atom. The molecule has 0 aromatic rings. The molecule has 1 nitrogen and oxygen atoms in total. The molecule has 0 spiro atoms. The summed E-state index contributed by atoms with van der Waals surface area (Å²) in [6.45, 7) is 0. The zero-order chi connectivity index (χ0) is 0. The van der Waals surface area contributed by atoms with E-state index >= 15 is 0 Å². The zero-order valence-electron chi connectivity index (χ0n) is 3.09. The summed E-state index contributed by atoms with van der Waals surface area (Å²) in [5.74, 6) is 0. The van der Waals surface area contributed by atoms with Gasteiger partial charge in [0.2, 0.25) is 0 Å². The van der Waals surface area contributed by atoms with Crippen molar-refractivity contribution in [1.82, 2.24) is 6.15 Å². The standard InChI is InChI=1S/Co.2FH.K.H3N/h;2*1H;;1H3/q;;;+1;/p-1. The Balaban J connectivity index is 0. The van der Waals surface area contributed by atoms with Crippen LogP contribution >= 0.6 is 0 Å². The van der Waals surface area contributed by atoms with Gasteiger partial charge in [0, 0.05) is 16.8 Å². The van der Waals surface area contributed by atoms with E-state index < -0.39 is 0 Å². The molecule has 0 saturated carbocycles. The van der Waals surface area contributed by atoms with Crippen molar-refractivity contribution in [1.29, 1.82) is 0 Å². The van der Waals surface area contributed by atoms with E-state index in [9.17, 15) is 0 Å². The molecule has 5 heavy (non-hydrogen) atoms. The fraction of sp³-hybridized carbons (Fsp3) is 0. The smallest absolute Gasteiger partial charge is 1.00 e. The van der Waals surface area contributed by atoms with Gasteiger partial charge in [0.25, 0.3) is 0 Å². The largest absolute Gasteiger partial charge is 1.00 e. The van der Waals surface area contributed by atoms with Crippen LogP contribution in [0.25, 0.3) is 0 Å². The molecule has 0 bridgehead atoms. The van der Waals surface area contributed by atoms with Crippen molar-refractivity contribution in [2.45, 2.75) is 0 Å². The van der Waals surface area contributed by atoms with Crippen LogP contribution < -0.4 is 66.9 Å². The Labute approximate surface area is 82.2 Å². The summed E-state index contributed by atoms with van der Waals surface area (Å²) in [6.07, 6.45) is 0. The molecule has 0 aliphatic heterocycles. The molecule has 0 aromatic heterocycles. The monoisotopic (exact) mass is 154 g/mol. The summed E-state index contributed by atoms with van der Waals surface area (Å²) in [7, 11) is 0. The minimum absolute atomic E-state index is 0. The maximum Gasteiger partial charge on any atom is 1.00 e. The zero-order valence-corrected chi connectivity index (χ0v) is 7.25. The van der Waals surface area contributed by atoms with Crippen molar-refractivity contribution in [2.24, 2.45) is 0 Å². The predicted octanol–water partition coefficient (Wildman–Crippen LogP) is -8.61. The van der Waals surface area contributed by atoms with E-state index in [2.05, 4.69) is 0 Å². The average molecular weight is 154 g/mol. The Kier molecular flexibility index (Phi) is 490. The molecule has 0 saturated heterocycles. The third-order valence-electron chi connectivity index (χ3n) is 0. The SMILES string of the molecule is [Co].[F-].[F-].[K+].[NH4+]. The van der Waals surface area contributed by atoms with Crippen LogP contribution in [0.4, 0.5) is 0 Å². The Morgan fingerprint density at radius 3 is 0.800 bits per heavy atom. The fourth-order valence-electron chi connectivity index (χ4n) is 0. The first-order valence-electron chi connectivity index (χ1n) is 0. The van der Waals surface area contributed by atoms with E-state index in [0.29, 0.717) is 0 Å². The van der Waals surface area contributed by atoms with E-state index in [1.807, 2.05) is 0 Å². The summed E-state index contributed by atoms with van der Waals surface area (Å²) in [5.41, 5.74) is 0. The second-order valence-corrected chi connectivity index (χ2v) is 0. The molecule has 4 N–H and O–H groups in total. The molecule has 1 radical (unpaired) electrons. The summed E-state index contributed by atoms with van der Waals surface area (Å²) < 4.78 is 0. The molecular formula is H4CoF2KN. The number of halogens is 2. The van der Waals surface area contributed by atoms with Crippen LogP contribution in [0.15, 0.2) is 0 Å². The number of hydrogen-bond acceptors (Lipinski definition) is 0. The van der Waals surface area contributed by atoms with Gasteiger partial charge in [-0.25, -0.2) is 0 Å². The van der Waals surface area contributed by atoms with Gasteiger partial charge in [0.1, 0.15) is 0 Å². The quantitative estimate of drug-likeness (QED) is 0.336. The first-order chi connectivity index (χ1) is 0. The molecule has 0 heterocycles. The van der Waals surface area contributed by atoms with Gasteiger partial charge in [0.05, 0.1) is 0 Å². The van der Waals surface area contributed by atoms with Crippen molar-refractivity contribution < 1.29 is 77.6 Å². The summed E-state index contributed by atoms with van der Waals surface area (Å²) in [4.78, 5) is 0. The van der Waals surface area contributed by atoms with Gasteiger partial charge < -0.3 is 15.6 Å². The summed E-state index contributed by atoms with van der Waals surface area (Å²) >= 11 is 0. The molecule has 33 valence electrons. The van der Waals surface area contributed by atoms with Crippen molar-refractivity contribution >= 4 is 0 Å². The number of rotatable bonds is 0. The van der Waals surface area contributed by atoms with Gasteiger partial charge in [-0.3, -0.25) is 0 Å². The van der Waals surface area contributed by atoms with E-state index in [0.717, 1.165) is 0 Å². The molecule has 0 amide bonds. The number of quaternary nitrogens is 1. The maximum atomic E-state index is 0. The topological polar surface area (TPSA) is 36.5 Å². The Morgan fingerprint density at radius 1 is 0.800 bits per heavy atom. The molecule has 0 atom stereocenters. The van der Waals surface area contributed by atoms with Gasteiger partial charge in [-0.2, -0.15) is 0 Å². The Bertz CT molecular complexity index is 9.61. The number of hydrogen-bond donors (Lipinski definition) is 1. The molecule has 5 heteroatoms. The first-order valence-corrected chi connectivity index (χ1v) is 0. The van der Waals surface area contributed by atoms with Gasteiger partial charge in [-0.05, 0) is 0 Å². The molecule has 0 aromatic carbocycles. The van der Waals surface area contributed by atoms with Crippen molar-refractivity contribution in [3.63, 3.8) is 0 Å². The van der Waals surface area contributed by atoms with Gasteiger partial charge >= 0.3 is 51.4 Å². The molecule has 0 aliphatic rings. The van der Waals surface area contributed by atoms with E-state index in [1.165, 1.54) is 0 Å². The minimum atomic E-state index is 0. The third kappa shape index (κ3) is 24.3. The van der Waals surface area contributed by atoms with Crippen LogP contribution in [-0.4, -0.2) is 0 Å². The van der Waals surface area contributed by atoms with Gasteiger partial charge in [-0.1, -0.05) is 0 Å². The van der Waals surface area contributed by atoms with Crippen molar-refractivity contribution in [3.05, 3.63) is 0 Å². The normalized spacial score (nSPS) is 0. The van der Waals surface area contributed by atoms with Crippen molar-refractivity contribution in [2.75, 3.05) is 0 Å². The minimum Gasteiger partial charge on any atom is -1.00 e. The van der Waals surface area contributed by atoms with Crippen LogP contribution in [0.2, 0.25) is 0 Å². The second kappa shape index (κ2) is 38.1. The van der Waals surface area contributed by atoms with E-state index in [-0.39, 0.29) is 83.7 Å². The first kappa shape index (κ1) is 64.3. The van der Waals surface area contributed by atoms with Crippen LogP contribution in [0.1, 0.15) is 0 Å². The van der Waals surface area contributed by atoms with E-state index in [4.69, 9.17) is 0 Å². The second-order valence-electron chi connectivity index (χ2n) is 0. The molecular weight excluding hydrogens is 150 g/mol. The van der Waals surface area contributed by atoms with Crippen LogP contribution in [0.5, 0.6) is 0 Å². The summed E-state index contributed by atoms with van der Waals surface area (Å²) in [5, 5.41) is 0. The molecule has 0 aliphatic carbocycles. The van der Waals surface area contributed by atoms with Gasteiger partial charge in [0.15, 0.2) is 0 Å². The van der Waals surface area contributed by atoms with E-state index in [1.54, 1.807) is 0 Å². The average Bonchev–Trinajstić information content (AvgIpc) is 0.